The van der Waals surface area contributed by atoms with Crippen LogP contribution in [0.5, 0.6) is 0 Å². The number of unbranched alkanes of at least 4 members (excludes halogenated alkanes) is 1. The van der Waals surface area contributed by atoms with Crippen molar-refractivity contribution in [1.29, 1.82) is 0 Å². The molecule has 2 aromatic rings. The van der Waals surface area contributed by atoms with Gasteiger partial charge >= 0.3 is 6.18 Å². The lowest BCUT2D eigenvalue weighted by atomic mass is 9.99. The van der Waals surface area contributed by atoms with Crippen molar-refractivity contribution in [3.63, 3.8) is 0 Å². The van der Waals surface area contributed by atoms with Crippen molar-refractivity contribution in [1.82, 2.24) is 9.21 Å². The molecule has 1 fully saturated rings. The van der Waals surface area contributed by atoms with Gasteiger partial charge in [-0.05, 0) is 29.7 Å². The van der Waals surface area contributed by atoms with E-state index in [-0.39, 0.29) is 5.75 Å². The summed E-state index contributed by atoms with van der Waals surface area (Å²) in [6, 6.07) is 14.4. The molecule has 0 radical (unpaired) electrons. The highest BCUT2D eigenvalue weighted by atomic mass is 32.2. The Labute approximate surface area is 194 Å². The molecule has 0 saturated carbocycles. The second-order valence-electron chi connectivity index (χ2n) is 8.19. The van der Waals surface area contributed by atoms with Gasteiger partial charge in [-0.25, -0.2) is 8.42 Å². The molecule has 1 aliphatic rings. The Hall–Kier alpha value is -1.94. The Morgan fingerprint density at radius 2 is 1.64 bits per heavy atom. The molecule has 0 aliphatic carbocycles. The number of halogens is 3. The van der Waals surface area contributed by atoms with Gasteiger partial charge in [0.2, 0.25) is 10.0 Å². The zero-order valence-electron chi connectivity index (χ0n) is 18.8. The van der Waals surface area contributed by atoms with Gasteiger partial charge in [0, 0.05) is 32.7 Å². The maximum Gasteiger partial charge on any atom is 0.416 e. The third-order valence-electron chi connectivity index (χ3n) is 5.79. The molecule has 0 amide bonds. The second-order valence-corrected chi connectivity index (χ2v) is 10.3. The van der Waals surface area contributed by atoms with Crippen molar-refractivity contribution in [2.45, 2.75) is 32.0 Å². The Morgan fingerprint density at radius 1 is 0.970 bits per heavy atom. The van der Waals surface area contributed by atoms with E-state index in [0.29, 0.717) is 51.3 Å². The van der Waals surface area contributed by atoms with E-state index in [4.69, 9.17) is 4.74 Å². The monoisotopic (exact) mass is 484 g/mol. The van der Waals surface area contributed by atoms with Crippen molar-refractivity contribution in [3.05, 3.63) is 71.3 Å². The molecule has 0 spiro atoms. The summed E-state index contributed by atoms with van der Waals surface area (Å²) in [5, 5.41) is 0. The zero-order chi connectivity index (χ0) is 23.9. The van der Waals surface area contributed by atoms with Gasteiger partial charge in [0.1, 0.15) is 6.10 Å². The fraction of sp³-hybridized carbons (Fsp3) is 0.500. The smallest absolute Gasteiger partial charge is 0.367 e. The maximum atomic E-state index is 13.2. The largest absolute Gasteiger partial charge is 0.416 e. The van der Waals surface area contributed by atoms with Crippen LogP contribution in [0.3, 0.4) is 0 Å². The molecule has 0 bridgehead atoms. The molecule has 1 heterocycles. The molecule has 0 aromatic heterocycles. The topological polar surface area (TPSA) is 49.9 Å². The molecule has 3 rings (SSSR count). The molecule has 1 aliphatic heterocycles. The minimum atomic E-state index is -4.42. The minimum Gasteiger partial charge on any atom is -0.367 e. The number of benzene rings is 2. The first kappa shape index (κ1) is 25.7. The SMILES string of the molecule is CCCCS(=O)(=O)N1CCN(CCOC(c2ccccc2)c2cccc(C(F)(F)F)c2)CC1. The molecule has 5 nitrogen and oxygen atoms in total. The first-order valence-corrected chi connectivity index (χ1v) is 12.9. The third kappa shape index (κ3) is 7.27. The van der Waals surface area contributed by atoms with Crippen LogP contribution in [-0.2, 0) is 20.9 Å². The summed E-state index contributed by atoms with van der Waals surface area (Å²) < 4.78 is 72.0. The van der Waals surface area contributed by atoms with Crippen molar-refractivity contribution < 1.29 is 26.3 Å². The predicted molar refractivity (Wildman–Crippen MR) is 122 cm³/mol. The van der Waals surface area contributed by atoms with Crippen molar-refractivity contribution in [2.75, 3.05) is 45.1 Å². The summed E-state index contributed by atoms with van der Waals surface area (Å²) in [6.07, 6.45) is -3.55. The average Bonchev–Trinajstić information content (AvgIpc) is 2.81. The van der Waals surface area contributed by atoms with E-state index in [1.807, 2.05) is 37.3 Å². The van der Waals surface area contributed by atoms with Gasteiger partial charge in [-0.3, -0.25) is 4.90 Å². The van der Waals surface area contributed by atoms with E-state index in [1.165, 1.54) is 6.07 Å². The third-order valence-corrected chi connectivity index (χ3v) is 7.75. The van der Waals surface area contributed by atoms with Crippen LogP contribution in [0.1, 0.15) is 42.6 Å². The summed E-state index contributed by atoms with van der Waals surface area (Å²) in [7, 11) is -3.21. The highest BCUT2D eigenvalue weighted by Gasteiger charge is 2.31. The van der Waals surface area contributed by atoms with Crippen LogP contribution < -0.4 is 0 Å². The summed E-state index contributed by atoms with van der Waals surface area (Å²) in [5.41, 5.74) is 0.524. The molecular weight excluding hydrogens is 453 g/mol. The van der Waals surface area contributed by atoms with E-state index in [0.717, 1.165) is 24.1 Å². The number of alkyl halides is 3. The molecule has 1 saturated heterocycles. The van der Waals surface area contributed by atoms with Crippen LogP contribution in [0, 0.1) is 0 Å². The highest BCUT2D eigenvalue weighted by Crippen LogP contribution is 2.33. The minimum absolute atomic E-state index is 0.183. The van der Waals surface area contributed by atoms with E-state index < -0.39 is 27.9 Å². The predicted octanol–water partition coefficient (Wildman–Crippen LogP) is 4.56. The van der Waals surface area contributed by atoms with Crippen LogP contribution in [0.15, 0.2) is 54.6 Å². The van der Waals surface area contributed by atoms with E-state index in [1.54, 1.807) is 10.4 Å². The van der Waals surface area contributed by atoms with Crippen molar-refractivity contribution in [3.8, 4) is 0 Å². The van der Waals surface area contributed by atoms with Gasteiger partial charge in [0.25, 0.3) is 0 Å². The first-order valence-electron chi connectivity index (χ1n) is 11.2. The van der Waals surface area contributed by atoms with Crippen LogP contribution >= 0.6 is 0 Å². The Morgan fingerprint density at radius 3 is 2.27 bits per heavy atom. The molecule has 2 aromatic carbocycles. The van der Waals surface area contributed by atoms with Gasteiger partial charge in [-0.1, -0.05) is 55.8 Å². The molecule has 1 atom stereocenters. The average molecular weight is 485 g/mol. The molecular formula is C24H31F3N2O3S. The molecule has 0 N–H and O–H groups in total. The number of hydrogen-bond donors (Lipinski definition) is 0. The number of ether oxygens (including phenoxy) is 1. The Kier molecular flexibility index (Phi) is 8.92. The zero-order valence-corrected chi connectivity index (χ0v) is 19.6. The van der Waals surface area contributed by atoms with E-state index in [2.05, 4.69) is 4.90 Å². The standard InChI is InChI=1S/C24H31F3N2O3S/c1-2-3-18-33(30,31)29-14-12-28(13-15-29)16-17-32-23(20-8-5-4-6-9-20)21-10-7-11-22(19-21)24(25,26)27/h4-11,19,23H,2-3,12-18H2,1H3. The lowest BCUT2D eigenvalue weighted by molar-refractivity contribution is -0.137. The number of rotatable bonds is 10. The summed E-state index contributed by atoms with van der Waals surface area (Å²) >= 11 is 0. The Balaban J connectivity index is 1.61. The van der Waals surface area contributed by atoms with Crippen molar-refractivity contribution >= 4 is 10.0 Å². The quantitative estimate of drug-likeness (QED) is 0.496. The number of piperazine rings is 1. The van der Waals surface area contributed by atoms with E-state index in [9.17, 15) is 21.6 Å². The van der Waals surface area contributed by atoms with E-state index >= 15 is 0 Å². The molecule has 9 heteroatoms. The number of nitrogens with zero attached hydrogens (tertiary/aromatic N) is 2. The summed E-state index contributed by atoms with van der Waals surface area (Å²) in [6.45, 7) is 4.96. The molecule has 1 unspecified atom stereocenters. The van der Waals surface area contributed by atoms with Crippen LogP contribution in [0.4, 0.5) is 13.2 Å². The lowest BCUT2D eigenvalue weighted by Gasteiger charge is -2.34. The van der Waals surface area contributed by atoms with Crippen LogP contribution in [0.2, 0.25) is 0 Å². The molecule has 33 heavy (non-hydrogen) atoms. The number of sulfonamides is 1. The molecule has 182 valence electrons. The summed E-state index contributed by atoms with van der Waals surface area (Å²) in [4.78, 5) is 2.13. The van der Waals surface area contributed by atoms with Gasteiger partial charge < -0.3 is 4.74 Å². The maximum absolute atomic E-state index is 13.2. The normalized spacial score (nSPS) is 17.2. The Bertz CT molecular complexity index is 976. The lowest BCUT2D eigenvalue weighted by Crippen LogP contribution is -2.49. The fourth-order valence-corrected chi connectivity index (χ4v) is 5.51. The number of hydrogen-bond acceptors (Lipinski definition) is 4. The summed E-state index contributed by atoms with van der Waals surface area (Å²) in [5.74, 6) is 0.183. The van der Waals surface area contributed by atoms with Crippen LogP contribution in [0.25, 0.3) is 0 Å². The van der Waals surface area contributed by atoms with Gasteiger partial charge in [-0.2, -0.15) is 17.5 Å². The van der Waals surface area contributed by atoms with Gasteiger partial charge in [0.05, 0.1) is 17.9 Å². The van der Waals surface area contributed by atoms with Gasteiger partial charge in [0.15, 0.2) is 0 Å². The van der Waals surface area contributed by atoms with Crippen molar-refractivity contribution in [2.24, 2.45) is 0 Å². The van der Waals surface area contributed by atoms with Gasteiger partial charge in [-0.15, -0.1) is 0 Å². The second kappa shape index (κ2) is 11.5. The fourth-order valence-electron chi connectivity index (χ4n) is 3.88. The highest BCUT2D eigenvalue weighted by molar-refractivity contribution is 7.89. The first-order chi connectivity index (χ1) is 15.7. The van der Waals surface area contributed by atoms with Crippen LogP contribution in [-0.4, -0.2) is 62.7 Å².